The normalized spacial score (nSPS) is 28.7. The van der Waals surface area contributed by atoms with Gasteiger partial charge in [-0.25, -0.2) is 4.79 Å². The van der Waals surface area contributed by atoms with E-state index in [1.54, 1.807) is 0 Å². The van der Waals surface area contributed by atoms with Gasteiger partial charge in [0.1, 0.15) is 12.2 Å². The van der Waals surface area contributed by atoms with Gasteiger partial charge in [-0.3, -0.25) is 0 Å². The topological polar surface area (TPSA) is 127 Å². The number of esters is 1. The number of benzene rings is 1. The second kappa shape index (κ2) is 6.78. The highest BCUT2D eigenvalue weighted by atomic mass is 16.6. The van der Waals surface area contributed by atoms with Gasteiger partial charge in [0.25, 0.3) is 0 Å². The summed E-state index contributed by atoms with van der Waals surface area (Å²) in [6.07, 6.45) is -1.65. The second-order valence-corrected chi connectivity index (χ2v) is 5.24. The van der Waals surface area contributed by atoms with Crippen molar-refractivity contribution >= 4 is 12.0 Å². The number of carbonyl (C=O) groups excluding carboxylic acids is 1. The van der Waals surface area contributed by atoms with Crippen molar-refractivity contribution in [2.45, 2.75) is 37.3 Å². The summed E-state index contributed by atoms with van der Waals surface area (Å²) in [5, 5.41) is 47.3. The molecule has 1 aromatic rings. The molecule has 0 amide bonds. The maximum Gasteiger partial charge on any atom is 0.331 e. The lowest BCUT2D eigenvalue weighted by atomic mass is 9.90. The van der Waals surface area contributed by atoms with Crippen molar-refractivity contribution in [1.29, 1.82) is 0 Å². The number of aliphatic hydroxyl groups is 3. The van der Waals surface area contributed by atoms with Gasteiger partial charge in [0.2, 0.25) is 0 Å². The highest BCUT2D eigenvalue weighted by Crippen LogP contribution is 2.26. The maximum atomic E-state index is 11.7. The molecule has 0 bridgehead atoms. The number of rotatable bonds is 3. The largest absolute Gasteiger partial charge is 0.504 e. The Hall–Kier alpha value is -2.09. The van der Waals surface area contributed by atoms with Gasteiger partial charge in [-0.15, -0.1) is 0 Å². The van der Waals surface area contributed by atoms with E-state index in [2.05, 4.69) is 0 Å². The number of hydrogen-bond donors (Lipinski definition) is 5. The molecule has 120 valence electrons. The molecule has 0 heterocycles. The molecule has 0 radical (unpaired) electrons. The number of aromatic hydroxyl groups is 2. The number of carbonyl (C=O) groups is 1. The Balaban J connectivity index is 1.97. The third kappa shape index (κ3) is 3.97. The van der Waals surface area contributed by atoms with Crippen LogP contribution in [0.4, 0.5) is 0 Å². The van der Waals surface area contributed by atoms with Crippen molar-refractivity contribution in [3.8, 4) is 11.5 Å². The number of phenols is 2. The molecule has 4 atom stereocenters. The van der Waals surface area contributed by atoms with E-state index < -0.39 is 30.4 Å². The number of phenolic OH excluding ortho intramolecular Hbond substituents is 2. The van der Waals surface area contributed by atoms with Crippen LogP contribution in [0.5, 0.6) is 11.5 Å². The van der Waals surface area contributed by atoms with Crippen molar-refractivity contribution in [2.75, 3.05) is 0 Å². The third-order valence-electron chi connectivity index (χ3n) is 3.47. The molecular weight excluding hydrogens is 292 g/mol. The van der Waals surface area contributed by atoms with E-state index in [1.807, 2.05) is 0 Å². The van der Waals surface area contributed by atoms with Crippen LogP contribution in [-0.2, 0) is 9.53 Å². The Morgan fingerprint density at radius 2 is 1.86 bits per heavy atom. The lowest BCUT2D eigenvalue weighted by molar-refractivity contribution is -0.166. The summed E-state index contributed by atoms with van der Waals surface area (Å²) in [5.74, 6) is -1.34. The molecule has 7 nitrogen and oxygen atoms in total. The molecule has 0 unspecified atom stereocenters. The predicted octanol–water partition coefficient (Wildman–Crippen LogP) is -0.101. The molecule has 1 aromatic carbocycles. The molecule has 22 heavy (non-hydrogen) atoms. The van der Waals surface area contributed by atoms with Gasteiger partial charge < -0.3 is 30.3 Å². The molecule has 1 aliphatic carbocycles. The number of ether oxygens (including phenoxy) is 1. The molecule has 7 heteroatoms. The zero-order chi connectivity index (χ0) is 16.3. The molecule has 2 rings (SSSR count). The summed E-state index contributed by atoms with van der Waals surface area (Å²) in [5.41, 5.74) is 0.469. The van der Waals surface area contributed by atoms with E-state index >= 15 is 0 Å². The van der Waals surface area contributed by atoms with Crippen LogP contribution >= 0.6 is 0 Å². The fraction of sp³-hybridized carbons (Fsp3) is 0.400. The van der Waals surface area contributed by atoms with Crippen molar-refractivity contribution in [1.82, 2.24) is 0 Å². The lowest BCUT2D eigenvalue weighted by Gasteiger charge is -2.33. The summed E-state index contributed by atoms with van der Waals surface area (Å²) in [6.45, 7) is 0. The van der Waals surface area contributed by atoms with Crippen LogP contribution in [0.15, 0.2) is 24.3 Å². The van der Waals surface area contributed by atoms with Gasteiger partial charge in [-0.2, -0.15) is 0 Å². The number of hydrogen-bond acceptors (Lipinski definition) is 7. The fourth-order valence-corrected chi connectivity index (χ4v) is 2.28. The van der Waals surface area contributed by atoms with E-state index in [9.17, 15) is 30.3 Å². The maximum absolute atomic E-state index is 11.7. The molecule has 1 aliphatic rings. The van der Waals surface area contributed by atoms with Crippen LogP contribution in [-0.4, -0.2) is 55.9 Å². The van der Waals surface area contributed by atoms with Crippen LogP contribution < -0.4 is 0 Å². The highest BCUT2D eigenvalue weighted by Gasteiger charge is 2.37. The van der Waals surface area contributed by atoms with Gasteiger partial charge in [-0.1, -0.05) is 6.07 Å². The Bertz CT molecular complexity index is 569. The Labute approximate surface area is 126 Å². The van der Waals surface area contributed by atoms with Crippen molar-refractivity contribution < 1.29 is 35.1 Å². The van der Waals surface area contributed by atoms with Crippen LogP contribution in [0, 0.1) is 0 Å². The molecular formula is C15H18O7. The van der Waals surface area contributed by atoms with Crippen LogP contribution in [0.2, 0.25) is 0 Å². The van der Waals surface area contributed by atoms with Crippen LogP contribution in [0.3, 0.4) is 0 Å². The fourth-order valence-electron chi connectivity index (χ4n) is 2.28. The van der Waals surface area contributed by atoms with E-state index in [1.165, 1.54) is 24.3 Å². The van der Waals surface area contributed by atoms with E-state index in [4.69, 9.17) is 4.74 Å². The Morgan fingerprint density at radius 1 is 1.14 bits per heavy atom. The van der Waals surface area contributed by atoms with Gasteiger partial charge in [-0.05, 0) is 23.8 Å². The average Bonchev–Trinajstić information content (AvgIpc) is 2.45. The van der Waals surface area contributed by atoms with E-state index in [-0.39, 0.29) is 24.3 Å². The second-order valence-electron chi connectivity index (χ2n) is 5.24. The summed E-state index contributed by atoms with van der Waals surface area (Å²) < 4.78 is 5.01. The monoisotopic (exact) mass is 310 g/mol. The van der Waals surface area contributed by atoms with Gasteiger partial charge in [0, 0.05) is 18.9 Å². The zero-order valence-electron chi connectivity index (χ0n) is 11.7. The zero-order valence-corrected chi connectivity index (χ0v) is 11.7. The molecule has 0 saturated heterocycles. The molecule has 5 N–H and O–H groups in total. The standard InChI is InChI=1S/C15H18O7/c16-9-6-12(19)15(21)13(7-9)22-14(20)4-2-8-1-3-10(17)11(18)5-8/h1-5,9,12-13,15-19,21H,6-7H2/t9-,12+,13+,15+/m0/s1. The summed E-state index contributed by atoms with van der Waals surface area (Å²) in [4.78, 5) is 11.7. The van der Waals surface area contributed by atoms with E-state index in [0.29, 0.717) is 5.56 Å². The summed E-state index contributed by atoms with van der Waals surface area (Å²) in [7, 11) is 0. The Morgan fingerprint density at radius 3 is 2.55 bits per heavy atom. The predicted molar refractivity (Wildman–Crippen MR) is 75.9 cm³/mol. The minimum atomic E-state index is -1.24. The SMILES string of the molecule is O=C(C=Cc1ccc(O)c(O)c1)O[C@@H]1C[C@@H](O)C[C@@H](O)[C@H]1O. The number of aliphatic hydroxyl groups excluding tert-OH is 3. The minimum absolute atomic E-state index is 0.0395. The lowest BCUT2D eigenvalue weighted by Crippen LogP contribution is -2.48. The average molecular weight is 310 g/mol. The minimum Gasteiger partial charge on any atom is -0.504 e. The first-order valence-electron chi connectivity index (χ1n) is 6.81. The molecule has 1 saturated carbocycles. The molecule has 0 spiro atoms. The van der Waals surface area contributed by atoms with Gasteiger partial charge in [0.05, 0.1) is 12.2 Å². The summed E-state index contributed by atoms with van der Waals surface area (Å²) in [6, 6.07) is 4.03. The first-order valence-corrected chi connectivity index (χ1v) is 6.81. The van der Waals surface area contributed by atoms with Gasteiger partial charge in [0.15, 0.2) is 11.5 Å². The third-order valence-corrected chi connectivity index (χ3v) is 3.47. The summed E-state index contributed by atoms with van der Waals surface area (Å²) >= 11 is 0. The van der Waals surface area contributed by atoms with Crippen LogP contribution in [0.1, 0.15) is 18.4 Å². The quantitative estimate of drug-likeness (QED) is 0.300. The van der Waals surface area contributed by atoms with Crippen molar-refractivity contribution in [2.24, 2.45) is 0 Å². The highest BCUT2D eigenvalue weighted by molar-refractivity contribution is 5.87. The molecule has 1 fully saturated rings. The van der Waals surface area contributed by atoms with E-state index in [0.717, 1.165) is 6.08 Å². The molecule has 0 aliphatic heterocycles. The van der Waals surface area contributed by atoms with Crippen molar-refractivity contribution in [3.05, 3.63) is 29.8 Å². The smallest absolute Gasteiger partial charge is 0.331 e. The van der Waals surface area contributed by atoms with Gasteiger partial charge >= 0.3 is 5.97 Å². The Kier molecular flexibility index (Phi) is 5.02. The van der Waals surface area contributed by atoms with Crippen LogP contribution in [0.25, 0.3) is 6.08 Å². The molecule has 0 aromatic heterocycles. The first kappa shape index (κ1) is 16.3. The van der Waals surface area contributed by atoms with Crippen molar-refractivity contribution in [3.63, 3.8) is 0 Å². The first-order chi connectivity index (χ1) is 10.4.